The fourth-order valence-corrected chi connectivity index (χ4v) is 2.90. The molecule has 0 aromatic carbocycles. The summed E-state index contributed by atoms with van der Waals surface area (Å²) < 4.78 is 0. The summed E-state index contributed by atoms with van der Waals surface area (Å²) in [7, 11) is 0. The molecule has 19 heavy (non-hydrogen) atoms. The molecule has 1 aromatic rings. The molecule has 0 unspecified atom stereocenters. The lowest BCUT2D eigenvalue weighted by Crippen LogP contribution is -2.25. The Labute approximate surface area is 122 Å². The number of aromatic nitrogens is 1. The van der Waals surface area contributed by atoms with E-state index in [0.29, 0.717) is 0 Å². The highest BCUT2D eigenvalue weighted by Gasteiger charge is 2.05. The second-order valence-electron chi connectivity index (χ2n) is 4.52. The van der Waals surface area contributed by atoms with E-state index in [0.717, 1.165) is 38.5 Å². The summed E-state index contributed by atoms with van der Waals surface area (Å²) >= 11 is 1.87. The van der Waals surface area contributed by atoms with Crippen molar-refractivity contribution in [3.8, 4) is 0 Å². The second kappa shape index (κ2) is 10.2. The molecule has 108 valence electrons. The Kier molecular flexibility index (Phi) is 8.88. The highest BCUT2D eigenvalue weighted by atomic mass is 32.2. The molecule has 0 fully saturated rings. The largest absolute Gasteiger partial charge is 0.313 e. The molecule has 0 aliphatic rings. The van der Waals surface area contributed by atoms with Crippen molar-refractivity contribution in [1.82, 2.24) is 15.2 Å². The third kappa shape index (κ3) is 6.41. The van der Waals surface area contributed by atoms with E-state index in [9.17, 15) is 0 Å². The van der Waals surface area contributed by atoms with Crippen LogP contribution in [0.1, 0.15) is 32.8 Å². The molecular formula is C15H27N3S. The van der Waals surface area contributed by atoms with Crippen LogP contribution in [0.15, 0.2) is 23.4 Å². The number of rotatable bonds is 10. The van der Waals surface area contributed by atoms with Crippen molar-refractivity contribution in [3.63, 3.8) is 0 Å². The fourth-order valence-electron chi connectivity index (χ4n) is 1.90. The van der Waals surface area contributed by atoms with Gasteiger partial charge in [0.25, 0.3) is 0 Å². The minimum absolute atomic E-state index is 0.926. The van der Waals surface area contributed by atoms with Gasteiger partial charge in [0.2, 0.25) is 0 Å². The maximum absolute atomic E-state index is 4.51. The van der Waals surface area contributed by atoms with E-state index in [1.165, 1.54) is 17.0 Å². The molecule has 0 atom stereocenters. The number of thioether (sulfide) groups is 1. The van der Waals surface area contributed by atoms with Crippen molar-refractivity contribution in [2.45, 2.75) is 38.8 Å². The van der Waals surface area contributed by atoms with Gasteiger partial charge >= 0.3 is 0 Å². The van der Waals surface area contributed by atoms with E-state index in [-0.39, 0.29) is 0 Å². The third-order valence-corrected chi connectivity index (χ3v) is 4.16. The highest BCUT2D eigenvalue weighted by Crippen LogP contribution is 2.19. The van der Waals surface area contributed by atoms with Gasteiger partial charge in [-0.2, -0.15) is 0 Å². The number of pyridine rings is 1. The zero-order chi connectivity index (χ0) is 13.9. The summed E-state index contributed by atoms with van der Waals surface area (Å²) in [5.41, 5.74) is 1.32. The second-order valence-corrected chi connectivity index (χ2v) is 5.60. The van der Waals surface area contributed by atoms with E-state index in [1.807, 2.05) is 24.0 Å². The SMILES string of the molecule is CCCNCc1cccnc1SCCN(CC)CC. The average molecular weight is 281 g/mol. The molecule has 4 heteroatoms. The smallest absolute Gasteiger partial charge is 0.100 e. The summed E-state index contributed by atoms with van der Waals surface area (Å²) in [4.78, 5) is 6.96. The Morgan fingerprint density at radius 3 is 2.74 bits per heavy atom. The molecule has 0 saturated carbocycles. The van der Waals surface area contributed by atoms with E-state index in [1.54, 1.807) is 0 Å². The average Bonchev–Trinajstić information content (AvgIpc) is 2.45. The van der Waals surface area contributed by atoms with Gasteiger partial charge in [0.05, 0.1) is 0 Å². The number of nitrogens with one attached hydrogen (secondary N) is 1. The van der Waals surface area contributed by atoms with Gasteiger partial charge in [-0.25, -0.2) is 4.98 Å². The lowest BCUT2D eigenvalue weighted by molar-refractivity contribution is 0.324. The predicted molar refractivity (Wildman–Crippen MR) is 84.7 cm³/mol. The molecular weight excluding hydrogens is 254 g/mol. The Morgan fingerprint density at radius 1 is 1.26 bits per heavy atom. The summed E-state index contributed by atoms with van der Waals surface area (Å²) in [6.07, 6.45) is 3.06. The molecule has 3 nitrogen and oxygen atoms in total. The van der Waals surface area contributed by atoms with Gasteiger partial charge in [-0.3, -0.25) is 0 Å². The molecule has 0 saturated heterocycles. The molecule has 0 spiro atoms. The molecule has 0 aliphatic heterocycles. The van der Waals surface area contributed by atoms with Gasteiger partial charge < -0.3 is 10.2 Å². The van der Waals surface area contributed by atoms with Gasteiger partial charge in [-0.05, 0) is 37.7 Å². The first-order valence-electron chi connectivity index (χ1n) is 7.31. The van der Waals surface area contributed by atoms with Crippen LogP contribution in [0.5, 0.6) is 0 Å². The van der Waals surface area contributed by atoms with Crippen LogP contribution in [-0.4, -0.2) is 41.8 Å². The lowest BCUT2D eigenvalue weighted by atomic mass is 10.3. The first kappa shape index (κ1) is 16.5. The Hall–Kier alpha value is -0.580. The van der Waals surface area contributed by atoms with Crippen molar-refractivity contribution in [3.05, 3.63) is 23.9 Å². The number of hydrogen-bond donors (Lipinski definition) is 1. The molecule has 1 heterocycles. The van der Waals surface area contributed by atoms with Crippen LogP contribution in [-0.2, 0) is 6.54 Å². The maximum atomic E-state index is 4.51. The molecule has 1 aromatic heterocycles. The van der Waals surface area contributed by atoms with E-state index < -0.39 is 0 Å². The van der Waals surface area contributed by atoms with Crippen molar-refractivity contribution in [2.75, 3.05) is 31.9 Å². The fraction of sp³-hybridized carbons (Fsp3) is 0.667. The summed E-state index contributed by atoms with van der Waals surface area (Å²) in [6.45, 7) is 12.0. The normalized spacial score (nSPS) is 11.2. The molecule has 0 aliphatic carbocycles. The van der Waals surface area contributed by atoms with Crippen LogP contribution in [0, 0.1) is 0 Å². The van der Waals surface area contributed by atoms with Crippen molar-refractivity contribution in [2.24, 2.45) is 0 Å². The van der Waals surface area contributed by atoms with Crippen LogP contribution >= 0.6 is 11.8 Å². The van der Waals surface area contributed by atoms with Crippen LogP contribution in [0.25, 0.3) is 0 Å². The van der Waals surface area contributed by atoms with Crippen LogP contribution in [0.3, 0.4) is 0 Å². The van der Waals surface area contributed by atoms with Crippen LogP contribution < -0.4 is 5.32 Å². The van der Waals surface area contributed by atoms with E-state index >= 15 is 0 Å². The van der Waals surface area contributed by atoms with Gasteiger partial charge in [-0.15, -0.1) is 11.8 Å². The van der Waals surface area contributed by atoms with Crippen LogP contribution in [0.4, 0.5) is 0 Å². The standard InChI is InChI=1S/C15H27N3S/c1-4-9-16-13-14-8-7-10-17-15(14)19-12-11-18(5-2)6-3/h7-8,10,16H,4-6,9,11-13H2,1-3H3. The Morgan fingerprint density at radius 2 is 2.05 bits per heavy atom. The Bertz CT molecular complexity index is 340. The van der Waals surface area contributed by atoms with E-state index in [2.05, 4.69) is 42.0 Å². The van der Waals surface area contributed by atoms with Crippen molar-refractivity contribution in [1.29, 1.82) is 0 Å². The number of nitrogens with zero attached hydrogens (tertiary/aromatic N) is 2. The first-order valence-corrected chi connectivity index (χ1v) is 8.30. The van der Waals surface area contributed by atoms with Crippen LogP contribution in [0.2, 0.25) is 0 Å². The topological polar surface area (TPSA) is 28.2 Å². The third-order valence-electron chi connectivity index (χ3n) is 3.13. The van der Waals surface area contributed by atoms with Crippen molar-refractivity contribution >= 4 is 11.8 Å². The molecule has 0 radical (unpaired) electrons. The lowest BCUT2D eigenvalue weighted by Gasteiger charge is -2.17. The van der Waals surface area contributed by atoms with Crippen molar-refractivity contribution < 1.29 is 0 Å². The van der Waals surface area contributed by atoms with Gasteiger partial charge in [-0.1, -0.05) is 26.8 Å². The Balaban J connectivity index is 2.43. The minimum Gasteiger partial charge on any atom is -0.313 e. The summed E-state index contributed by atoms with van der Waals surface area (Å²) in [5, 5.41) is 4.63. The van der Waals surface area contributed by atoms with Gasteiger partial charge in [0, 0.05) is 25.0 Å². The predicted octanol–water partition coefficient (Wildman–Crippen LogP) is 3.02. The zero-order valence-corrected chi connectivity index (χ0v) is 13.3. The summed E-state index contributed by atoms with van der Waals surface area (Å²) in [6, 6.07) is 4.20. The van der Waals surface area contributed by atoms with Gasteiger partial charge in [0.1, 0.15) is 5.03 Å². The highest BCUT2D eigenvalue weighted by molar-refractivity contribution is 7.99. The van der Waals surface area contributed by atoms with E-state index in [4.69, 9.17) is 0 Å². The maximum Gasteiger partial charge on any atom is 0.100 e. The number of hydrogen-bond acceptors (Lipinski definition) is 4. The molecule has 0 bridgehead atoms. The van der Waals surface area contributed by atoms with Gasteiger partial charge in [0.15, 0.2) is 0 Å². The minimum atomic E-state index is 0.926. The quantitative estimate of drug-likeness (QED) is 0.527. The monoisotopic (exact) mass is 281 g/mol. The molecule has 0 amide bonds. The molecule has 1 rings (SSSR count). The molecule has 1 N–H and O–H groups in total. The first-order chi connectivity index (χ1) is 9.31. The summed E-state index contributed by atoms with van der Waals surface area (Å²) in [5.74, 6) is 1.11. The zero-order valence-electron chi connectivity index (χ0n) is 12.5.